The van der Waals surface area contributed by atoms with E-state index in [-0.39, 0.29) is 18.1 Å². The summed E-state index contributed by atoms with van der Waals surface area (Å²) < 4.78 is 13.1. The first kappa shape index (κ1) is 14.2. The predicted molar refractivity (Wildman–Crippen MR) is 75.5 cm³/mol. The molecule has 2 aromatic rings. The molecule has 1 amide bonds. The molecule has 0 atom stereocenters. The number of carbonyl (C=O) groups excluding carboxylic acids is 1. The van der Waals surface area contributed by atoms with Crippen molar-refractivity contribution in [3.63, 3.8) is 0 Å². The zero-order chi connectivity index (χ0) is 14.6. The van der Waals surface area contributed by atoms with Gasteiger partial charge in [0.2, 0.25) is 5.91 Å². The second kappa shape index (κ2) is 5.82. The second-order valence-electron chi connectivity index (χ2n) is 5.19. The molecule has 1 aromatic carbocycles. The summed E-state index contributed by atoms with van der Waals surface area (Å²) in [4.78, 5) is 16.3. The van der Waals surface area contributed by atoms with Gasteiger partial charge >= 0.3 is 0 Å². The minimum Gasteiger partial charge on any atom is -0.345 e. The molecule has 3 nitrogen and oxygen atoms in total. The van der Waals surface area contributed by atoms with Crippen LogP contribution in [0.5, 0.6) is 0 Å². The number of aromatic nitrogens is 1. The highest BCUT2D eigenvalue weighted by Crippen LogP contribution is 2.17. The van der Waals surface area contributed by atoms with Crippen LogP contribution in [0.2, 0.25) is 0 Å². The molecule has 1 heterocycles. The van der Waals surface area contributed by atoms with Crippen molar-refractivity contribution >= 4 is 5.91 Å². The van der Waals surface area contributed by atoms with E-state index in [1.165, 1.54) is 12.1 Å². The van der Waals surface area contributed by atoms with Gasteiger partial charge < -0.3 is 5.32 Å². The van der Waals surface area contributed by atoms with Crippen LogP contribution in [-0.4, -0.2) is 10.9 Å². The number of nitrogens with one attached hydrogen (secondary N) is 1. The van der Waals surface area contributed by atoms with Gasteiger partial charge in [-0.05, 0) is 43.7 Å². The number of pyridine rings is 1. The Morgan fingerprint density at radius 2 is 2.05 bits per heavy atom. The van der Waals surface area contributed by atoms with Crippen molar-refractivity contribution in [2.45, 2.75) is 25.8 Å². The van der Waals surface area contributed by atoms with E-state index in [1.54, 1.807) is 18.3 Å². The SMILES string of the molecule is CC(C)(NC(=O)Cc1cccc(F)c1)c1ccccn1. The lowest BCUT2D eigenvalue weighted by Crippen LogP contribution is -2.42. The van der Waals surface area contributed by atoms with E-state index >= 15 is 0 Å². The van der Waals surface area contributed by atoms with Gasteiger partial charge in [-0.15, -0.1) is 0 Å². The third-order valence-electron chi connectivity index (χ3n) is 3.01. The summed E-state index contributed by atoms with van der Waals surface area (Å²) in [5.41, 5.74) is 0.873. The monoisotopic (exact) mass is 272 g/mol. The van der Waals surface area contributed by atoms with E-state index in [0.717, 1.165) is 5.69 Å². The molecule has 104 valence electrons. The molecule has 0 spiro atoms. The molecule has 1 aromatic heterocycles. The lowest BCUT2D eigenvalue weighted by Gasteiger charge is -2.25. The van der Waals surface area contributed by atoms with E-state index < -0.39 is 5.54 Å². The third-order valence-corrected chi connectivity index (χ3v) is 3.01. The maximum absolute atomic E-state index is 13.1. The summed E-state index contributed by atoms with van der Waals surface area (Å²) in [6, 6.07) is 11.6. The standard InChI is InChI=1S/C16H17FN2O/c1-16(2,14-8-3-4-9-18-14)19-15(20)11-12-6-5-7-13(17)10-12/h3-10H,11H2,1-2H3,(H,19,20). The topological polar surface area (TPSA) is 42.0 Å². The van der Waals surface area contributed by atoms with Crippen LogP contribution >= 0.6 is 0 Å². The summed E-state index contributed by atoms with van der Waals surface area (Å²) in [6.45, 7) is 3.78. The number of amides is 1. The normalized spacial score (nSPS) is 11.2. The highest BCUT2D eigenvalue weighted by Gasteiger charge is 2.23. The van der Waals surface area contributed by atoms with Gasteiger partial charge in [0.1, 0.15) is 5.82 Å². The quantitative estimate of drug-likeness (QED) is 0.930. The predicted octanol–water partition coefficient (Wildman–Crippen LogP) is 2.81. The van der Waals surface area contributed by atoms with Gasteiger partial charge in [0.05, 0.1) is 17.7 Å². The lowest BCUT2D eigenvalue weighted by molar-refractivity contribution is -0.122. The molecule has 20 heavy (non-hydrogen) atoms. The zero-order valence-corrected chi connectivity index (χ0v) is 11.6. The number of hydrogen-bond acceptors (Lipinski definition) is 2. The van der Waals surface area contributed by atoms with Crippen LogP contribution in [-0.2, 0) is 16.8 Å². The van der Waals surface area contributed by atoms with E-state index in [1.807, 2.05) is 32.0 Å². The van der Waals surface area contributed by atoms with Gasteiger partial charge in [-0.25, -0.2) is 4.39 Å². The molecule has 4 heteroatoms. The molecule has 0 radical (unpaired) electrons. The van der Waals surface area contributed by atoms with E-state index in [0.29, 0.717) is 5.56 Å². The van der Waals surface area contributed by atoms with Gasteiger partial charge in [0.25, 0.3) is 0 Å². The Morgan fingerprint density at radius 3 is 2.70 bits per heavy atom. The Balaban J connectivity index is 2.04. The average Bonchev–Trinajstić information content (AvgIpc) is 2.39. The molecule has 0 aliphatic carbocycles. The number of halogens is 1. The molecule has 0 saturated carbocycles. The fraction of sp³-hybridized carbons (Fsp3) is 0.250. The van der Waals surface area contributed by atoms with Crippen molar-refractivity contribution in [1.82, 2.24) is 10.3 Å². The fourth-order valence-electron chi connectivity index (χ4n) is 2.02. The molecule has 0 saturated heterocycles. The Bertz CT molecular complexity index is 596. The molecule has 0 bridgehead atoms. The first-order valence-electron chi connectivity index (χ1n) is 6.44. The van der Waals surface area contributed by atoms with Gasteiger partial charge in [-0.1, -0.05) is 18.2 Å². The van der Waals surface area contributed by atoms with Gasteiger partial charge in [-0.2, -0.15) is 0 Å². The van der Waals surface area contributed by atoms with Gasteiger partial charge in [-0.3, -0.25) is 9.78 Å². The highest BCUT2D eigenvalue weighted by atomic mass is 19.1. The second-order valence-corrected chi connectivity index (χ2v) is 5.19. The van der Waals surface area contributed by atoms with E-state index in [9.17, 15) is 9.18 Å². The van der Waals surface area contributed by atoms with Crippen molar-refractivity contribution in [3.05, 3.63) is 65.7 Å². The van der Waals surface area contributed by atoms with Crippen LogP contribution in [0.1, 0.15) is 25.1 Å². The summed E-state index contributed by atoms with van der Waals surface area (Å²) >= 11 is 0. The number of hydrogen-bond donors (Lipinski definition) is 1. The van der Waals surface area contributed by atoms with Crippen molar-refractivity contribution in [2.24, 2.45) is 0 Å². The first-order chi connectivity index (χ1) is 9.47. The Morgan fingerprint density at radius 1 is 1.25 bits per heavy atom. The molecule has 1 N–H and O–H groups in total. The summed E-state index contributed by atoms with van der Waals surface area (Å²) in [7, 11) is 0. The molecular formula is C16H17FN2O. The highest BCUT2D eigenvalue weighted by molar-refractivity contribution is 5.79. The molecule has 0 unspecified atom stereocenters. The lowest BCUT2D eigenvalue weighted by atomic mass is 9.99. The maximum Gasteiger partial charge on any atom is 0.225 e. The minimum atomic E-state index is -0.564. The first-order valence-corrected chi connectivity index (χ1v) is 6.44. The van der Waals surface area contributed by atoms with Crippen LogP contribution in [0.25, 0.3) is 0 Å². The van der Waals surface area contributed by atoms with E-state index in [4.69, 9.17) is 0 Å². The Labute approximate surface area is 117 Å². The summed E-state index contributed by atoms with van der Waals surface area (Å²) in [5.74, 6) is -0.495. The fourth-order valence-corrected chi connectivity index (χ4v) is 2.02. The van der Waals surface area contributed by atoms with Crippen LogP contribution in [0.4, 0.5) is 4.39 Å². The molecule has 0 aliphatic rings. The van der Waals surface area contributed by atoms with Crippen molar-refractivity contribution in [3.8, 4) is 0 Å². The molecule has 0 aliphatic heterocycles. The van der Waals surface area contributed by atoms with Gasteiger partial charge in [0, 0.05) is 6.20 Å². The van der Waals surface area contributed by atoms with Crippen LogP contribution in [0.3, 0.4) is 0 Å². The molecule has 0 fully saturated rings. The maximum atomic E-state index is 13.1. The zero-order valence-electron chi connectivity index (χ0n) is 11.6. The van der Waals surface area contributed by atoms with Gasteiger partial charge in [0.15, 0.2) is 0 Å². The number of carbonyl (C=O) groups is 1. The number of nitrogens with zero attached hydrogens (tertiary/aromatic N) is 1. The third kappa shape index (κ3) is 3.63. The Hall–Kier alpha value is -2.23. The van der Waals surface area contributed by atoms with Crippen molar-refractivity contribution in [1.29, 1.82) is 0 Å². The van der Waals surface area contributed by atoms with Crippen LogP contribution < -0.4 is 5.32 Å². The number of benzene rings is 1. The largest absolute Gasteiger partial charge is 0.345 e. The van der Waals surface area contributed by atoms with Crippen molar-refractivity contribution < 1.29 is 9.18 Å². The van der Waals surface area contributed by atoms with Crippen LogP contribution in [0, 0.1) is 5.82 Å². The molecular weight excluding hydrogens is 255 g/mol. The minimum absolute atomic E-state index is 0.147. The summed E-state index contributed by atoms with van der Waals surface area (Å²) in [5, 5.41) is 2.92. The summed E-state index contributed by atoms with van der Waals surface area (Å²) in [6.07, 6.45) is 1.84. The number of rotatable bonds is 4. The average molecular weight is 272 g/mol. The molecule has 2 rings (SSSR count). The van der Waals surface area contributed by atoms with Crippen molar-refractivity contribution in [2.75, 3.05) is 0 Å². The van der Waals surface area contributed by atoms with E-state index in [2.05, 4.69) is 10.3 Å². The van der Waals surface area contributed by atoms with Crippen LogP contribution in [0.15, 0.2) is 48.7 Å². The Kier molecular flexibility index (Phi) is 4.13. The smallest absolute Gasteiger partial charge is 0.225 e.